The van der Waals surface area contributed by atoms with Gasteiger partial charge >= 0.3 is 0 Å². The lowest BCUT2D eigenvalue weighted by Crippen LogP contribution is -2.31. The molecule has 0 aliphatic rings. The van der Waals surface area contributed by atoms with Gasteiger partial charge < -0.3 is 9.84 Å². The van der Waals surface area contributed by atoms with Gasteiger partial charge in [-0.15, -0.1) is 0 Å². The Labute approximate surface area is 219 Å². The number of benzene rings is 1. The van der Waals surface area contributed by atoms with Gasteiger partial charge in [-0.2, -0.15) is 0 Å². The van der Waals surface area contributed by atoms with E-state index in [1.807, 2.05) is 0 Å². The molecule has 0 bridgehead atoms. The van der Waals surface area contributed by atoms with Gasteiger partial charge in [-0.3, -0.25) is 18.7 Å². The summed E-state index contributed by atoms with van der Waals surface area (Å²) >= 11 is 6.31. The molecule has 0 aliphatic heterocycles. The molecule has 4 rings (SSSR count). The minimum Gasteiger partial charge on any atom is -0.487 e. The van der Waals surface area contributed by atoms with Crippen molar-refractivity contribution >= 4 is 11.6 Å². The summed E-state index contributed by atoms with van der Waals surface area (Å²) < 4.78 is 51.7. The fourth-order valence-electron chi connectivity index (χ4n) is 3.75. The molecule has 0 amide bonds. The maximum absolute atomic E-state index is 14.2. The molecule has 37 heavy (non-hydrogen) atoms. The quantitative estimate of drug-likeness (QED) is 0.390. The standard InChI is InChI=1S/C27H24ClF2N3O4/c1-15-13-31-23(32-9-5-6-19(25(32)34)27(3,4)36)12-21(15)33-16(2)10-22(24(28)26(33)35)37-14-17-7-8-18(29)11-20(17)30/h5-13,36H,14H2,1-4H3/i14D2. The molecule has 0 atom stereocenters. The first-order chi connectivity index (χ1) is 18.1. The lowest BCUT2D eigenvalue weighted by atomic mass is 10.0. The molecule has 0 saturated carbocycles. The van der Waals surface area contributed by atoms with Crippen LogP contribution in [0.15, 0.2) is 64.4 Å². The van der Waals surface area contributed by atoms with E-state index in [0.29, 0.717) is 17.3 Å². The van der Waals surface area contributed by atoms with Crippen LogP contribution in [0.25, 0.3) is 11.5 Å². The summed E-state index contributed by atoms with van der Waals surface area (Å²) in [6, 6.07) is 8.23. The van der Waals surface area contributed by atoms with E-state index in [-0.39, 0.29) is 22.8 Å². The fraction of sp³-hybridized carbons (Fsp3) is 0.222. The second-order valence-corrected chi connectivity index (χ2v) is 9.30. The monoisotopic (exact) mass is 529 g/mol. The Kier molecular flexibility index (Phi) is 6.31. The van der Waals surface area contributed by atoms with Crippen LogP contribution in [-0.4, -0.2) is 19.2 Å². The van der Waals surface area contributed by atoms with Gasteiger partial charge in [0.1, 0.15) is 34.8 Å². The summed E-state index contributed by atoms with van der Waals surface area (Å²) in [5.74, 6) is -2.21. The maximum Gasteiger partial charge on any atom is 0.277 e. The smallest absolute Gasteiger partial charge is 0.277 e. The number of aryl methyl sites for hydroxylation is 2. The first-order valence-electron chi connectivity index (χ1n) is 12.1. The lowest BCUT2D eigenvalue weighted by molar-refractivity contribution is 0.0767. The molecule has 0 unspecified atom stereocenters. The van der Waals surface area contributed by atoms with Gasteiger partial charge in [0.05, 0.1) is 14.0 Å². The van der Waals surface area contributed by atoms with Crippen molar-refractivity contribution in [1.29, 1.82) is 0 Å². The molecule has 3 aromatic heterocycles. The van der Waals surface area contributed by atoms with Gasteiger partial charge in [-0.05, 0) is 57.5 Å². The Morgan fingerprint density at radius 2 is 1.86 bits per heavy atom. The Morgan fingerprint density at radius 3 is 2.54 bits per heavy atom. The van der Waals surface area contributed by atoms with Crippen molar-refractivity contribution in [1.82, 2.24) is 14.1 Å². The molecule has 1 N–H and O–H groups in total. The van der Waals surface area contributed by atoms with E-state index in [1.54, 1.807) is 19.9 Å². The zero-order valence-corrected chi connectivity index (χ0v) is 21.1. The van der Waals surface area contributed by atoms with Gasteiger partial charge in [0.15, 0.2) is 0 Å². The summed E-state index contributed by atoms with van der Waals surface area (Å²) in [6.07, 6.45) is 2.95. The van der Waals surface area contributed by atoms with Gasteiger partial charge in [-0.25, -0.2) is 13.8 Å². The van der Waals surface area contributed by atoms with Crippen LogP contribution in [-0.2, 0) is 12.2 Å². The third-order valence-electron chi connectivity index (χ3n) is 5.66. The number of ether oxygens (including phenoxy) is 1. The van der Waals surface area contributed by atoms with Crippen molar-refractivity contribution in [2.75, 3.05) is 0 Å². The van der Waals surface area contributed by atoms with Crippen LogP contribution in [0.3, 0.4) is 0 Å². The van der Waals surface area contributed by atoms with Gasteiger partial charge in [0.2, 0.25) is 0 Å². The highest BCUT2D eigenvalue weighted by Crippen LogP contribution is 2.26. The molecule has 3 heterocycles. The van der Waals surface area contributed by atoms with Gasteiger partial charge in [-0.1, -0.05) is 11.6 Å². The average Bonchev–Trinajstić information content (AvgIpc) is 2.82. The zero-order chi connectivity index (χ0) is 28.9. The molecular weight excluding hydrogens is 504 g/mol. The van der Waals surface area contributed by atoms with E-state index >= 15 is 0 Å². The number of halogens is 3. The van der Waals surface area contributed by atoms with Crippen molar-refractivity contribution in [2.24, 2.45) is 0 Å². The number of hydrogen-bond donors (Lipinski definition) is 1. The Morgan fingerprint density at radius 1 is 1.14 bits per heavy atom. The minimum atomic E-state index is -2.78. The average molecular weight is 530 g/mol. The van der Waals surface area contributed by atoms with E-state index in [9.17, 15) is 23.5 Å². The number of aliphatic hydroxyl groups is 1. The molecule has 0 radical (unpaired) electrons. The number of pyridine rings is 3. The zero-order valence-electron chi connectivity index (χ0n) is 22.3. The van der Waals surface area contributed by atoms with Crippen LogP contribution in [0.4, 0.5) is 8.78 Å². The summed E-state index contributed by atoms with van der Waals surface area (Å²) in [6.45, 7) is 3.45. The second-order valence-electron chi connectivity index (χ2n) is 8.92. The van der Waals surface area contributed by atoms with E-state index in [0.717, 1.165) is 12.1 Å². The molecule has 0 aliphatic carbocycles. The predicted molar refractivity (Wildman–Crippen MR) is 136 cm³/mol. The maximum atomic E-state index is 14.2. The molecule has 10 heteroatoms. The van der Waals surface area contributed by atoms with E-state index in [1.165, 1.54) is 53.6 Å². The fourth-order valence-corrected chi connectivity index (χ4v) is 3.93. The second kappa shape index (κ2) is 9.91. The van der Waals surface area contributed by atoms with Crippen molar-refractivity contribution in [3.8, 4) is 17.3 Å². The van der Waals surface area contributed by atoms with Crippen molar-refractivity contribution in [3.05, 3.63) is 115 Å². The first-order valence-corrected chi connectivity index (χ1v) is 11.5. The highest BCUT2D eigenvalue weighted by Gasteiger charge is 2.22. The van der Waals surface area contributed by atoms with E-state index in [4.69, 9.17) is 19.1 Å². The summed E-state index contributed by atoms with van der Waals surface area (Å²) in [4.78, 5) is 30.7. The number of aromatic nitrogens is 3. The Balaban J connectivity index is 1.81. The number of nitrogens with zero attached hydrogens (tertiary/aromatic N) is 3. The van der Waals surface area contributed by atoms with Crippen molar-refractivity contribution in [2.45, 2.75) is 39.9 Å². The normalized spacial score (nSPS) is 12.8. The Bertz CT molecular complexity index is 1720. The van der Waals surface area contributed by atoms with Crippen LogP contribution in [0.1, 0.15) is 39.0 Å². The van der Waals surface area contributed by atoms with Crippen molar-refractivity contribution < 1.29 is 21.4 Å². The van der Waals surface area contributed by atoms with Crippen LogP contribution >= 0.6 is 11.6 Å². The third kappa shape index (κ3) is 5.19. The summed E-state index contributed by atoms with van der Waals surface area (Å²) in [5.41, 5.74) is -1.89. The summed E-state index contributed by atoms with van der Waals surface area (Å²) in [5, 5.41) is 9.88. The molecule has 0 fully saturated rings. The van der Waals surface area contributed by atoms with Crippen molar-refractivity contribution in [3.63, 3.8) is 0 Å². The largest absolute Gasteiger partial charge is 0.487 e. The predicted octanol–water partition coefficient (Wildman–Crippen LogP) is 4.74. The van der Waals surface area contributed by atoms with E-state index < -0.39 is 45.5 Å². The lowest BCUT2D eigenvalue weighted by Gasteiger charge is -2.19. The molecule has 192 valence electrons. The molecule has 1 aromatic carbocycles. The first kappa shape index (κ1) is 23.6. The molecule has 0 saturated heterocycles. The van der Waals surface area contributed by atoms with Crippen LogP contribution in [0.2, 0.25) is 5.02 Å². The number of hydrogen-bond acceptors (Lipinski definition) is 5. The highest BCUT2D eigenvalue weighted by molar-refractivity contribution is 6.31. The SMILES string of the molecule is [2H]C([2H])(Oc1cc(C)n(-c2cc(-n3cccc(C(C)(C)O)c3=O)ncc2C)c(=O)c1Cl)c1ccc(F)cc1F. The molecule has 4 aromatic rings. The van der Waals surface area contributed by atoms with E-state index in [2.05, 4.69) is 4.98 Å². The molecule has 7 nitrogen and oxygen atoms in total. The van der Waals surface area contributed by atoms with Crippen LogP contribution in [0.5, 0.6) is 5.75 Å². The molecular formula is C27H24ClF2N3O4. The third-order valence-corrected chi connectivity index (χ3v) is 6.00. The van der Waals surface area contributed by atoms with Crippen LogP contribution in [0, 0.1) is 25.5 Å². The molecule has 0 spiro atoms. The van der Waals surface area contributed by atoms with Gasteiger partial charge in [0, 0.05) is 47.4 Å². The number of rotatable bonds is 6. The topological polar surface area (TPSA) is 86.3 Å². The minimum absolute atomic E-state index is 0.152. The highest BCUT2D eigenvalue weighted by atomic mass is 35.5. The Hall–Kier alpha value is -3.82. The van der Waals surface area contributed by atoms with Crippen LogP contribution < -0.4 is 15.9 Å². The summed E-state index contributed by atoms with van der Waals surface area (Å²) in [7, 11) is 0. The van der Waals surface area contributed by atoms with Gasteiger partial charge in [0.25, 0.3) is 11.1 Å².